The maximum atomic E-state index is 13.1. The van der Waals surface area contributed by atoms with Crippen molar-refractivity contribution in [2.75, 3.05) is 13.7 Å². The molecule has 0 saturated heterocycles. The third-order valence-corrected chi connectivity index (χ3v) is 2.34. The summed E-state index contributed by atoms with van der Waals surface area (Å²) in [6.07, 6.45) is 0. The van der Waals surface area contributed by atoms with Crippen molar-refractivity contribution in [1.29, 1.82) is 0 Å². The Morgan fingerprint density at radius 3 is 2.70 bits per heavy atom. The summed E-state index contributed by atoms with van der Waals surface area (Å²) < 4.78 is 17.7. The summed E-state index contributed by atoms with van der Waals surface area (Å²) >= 11 is 0. The van der Waals surface area contributed by atoms with Gasteiger partial charge in [0.25, 0.3) is 11.6 Å². The lowest BCUT2D eigenvalue weighted by atomic mass is 10.1. The predicted octanol–water partition coefficient (Wildman–Crippen LogP) is 0.563. The number of nitro benzene ring substituents is 1. The van der Waals surface area contributed by atoms with Gasteiger partial charge >= 0.3 is 5.97 Å². The molecule has 1 unspecified atom stereocenters. The van der Waals surface area contributed by atoms with Crippen LogP contribution in [0.1, 0.15) is 10.4 Å². The van der Waals surface area contributed by atoms with Crippen LogP contribution in [-0.4, -0.2) is 41.7 Å². The number of hydrogen-bond donors (Lipinski definition) is 2. The summed E-state index contributed by atoms with van der Waals surface area (Å²) in [5.74, 6) is -3.29. The lowest BCUT2D eigenvalue weighted by Gasteiger charge is -2.13. The van der Waals surface area contributed by atoms with Gasteiger partial charge in [-0.15, -0.1) is 0 Å². The highest BCUT2D eigenvalue weighted by Gasteiger charge is 2.26. The number of ether oxygens (including phenoxy) is 1. The van der Waals surface area contributed by atoms with E-state index < -0.39 is 39.9 Å². The molecular formula is C11H11FN2O6. The van der Waals surface area contributed by atoms with Crippen molar-refractivity contribution in [2.24, 2.45) is 0 Å². The van der Waals surface area contributed by atoms with Crippen molar-refractivity contribution in [2.45, 2.75) is 6.04 Å². The Hall–Kier alpha value is -2.55. The molecule has 0 fully saturated rings. The highest BCUT2D eigenvalue weighted by molar-refractivity contribution is 6.00. The number of rotatable bonds is 6. The minimum atomic E-state index is -1.39. The molecule has 0 heterocycles. The van der Waals surface area contributed by atoms with Crippen LogP contribution in [0.2, 0.25) is 0 Å². The van der Waals surface area contributed by atoms with E-state index >= 15 is 0 Å². The van der Waals surface area contributed by atoms with E-state index in [1.165, 1.54) is 7.11 Å². The summed E-state index contributed by atoms with van der Waals surface area (Å²) in [7, 11) is 1.23. The molecule has 0 aromatic heterocycles. The lowest BCUT2D eigenvalue weighted by Crippen LogP contribution is -2.44. The van der Waals surface area contributed by atoms with Crippen LogP contribution >= 0.6 is 0 Å². The SMILES string of the molecule is COCC(NC(=O)c1cc(F)ccc1[N+](=O)[O-])C(=O)O. The minimum Gasteiger partial charge on any atom is -0.480 e. The monoisotopic (exact) mass is 286 g/mol. The van der Waals surface area contributed by atoms with Crippen LogP contribution in [0, 0.1) is 15.9 Å². The van der Waals surface area contributed by atoms with Gasteiger partial charge in [-0.2, -0.15) is 0 Å². The van der Waals surface area contributed by atoms with Crippen molar-refractivity contribution >= 4 is 17.6 Å². The first-order valence-electron chi connectivity index (χ1n) is 5.33. The number of halogens is 1. The molecule has 108 valence electrons. The Morgan fingerprint density at radius 1 is 1.55 bits per heavy atom. The Balaban J connectivity index is 3.05. The molecule has 8 nitrogen and oxygen atoms in total. The number of aliphatic carboxylic acids is 1. The number of nitrogens with zero attached hydrogens (tertiary/aromatic N) is 1. The van der Waals surface area contributed by atoms with Crippen LogP contribution < -0.4 is 5.32 Å². The van der Waals surface area contributed by atoms with E-state index in [9.17, 15) is 24.1 Å². The molecule has 1 amide bonds. The number of nitro groups is 1. The summed E-state index contributed by atoms with van der Waals surface area (Å²) in [4.78, 5) is 32.5. The summed E-state index contributed by atoms with van der Waals surface area (Å²) in [5.41, 5.74) is -1.18. The van der Waals surface area contributed by atoms with Gasteiger partial charge < -0.3 is 15.2 Å². The van der Waals surface area contributed by atoms with Crippen LogP contribution in [0.4, 0.5) is 10.1 Å². The summed E-state index contributed by atoms with van der Waals surface area (Å²) in [6, 6.07) is 0.934. The summed E-state index contributed by atoms with van der Waals surface area (Å²) in [5, 5.41) is 21.6. The molecule has 1 rings (SSSR count). The fourth-order valence-corrected chi connectivity index (χ4v) is 1.43. The Bertz CT molecular complexity index is 548. The predicted molar refractivity (Wildman–Crippen MR) is 63.8 cm³/mol. The summed E-state index contributed by atoms with van der Waals surface area (Å²) in [6.45, 7) is -0.329. The number of nitrogens with one attached hydrogen (secondary N) is 1. The van der Waals surface area contributed by atoms with Crippen molar-refractivity contribution < 1.29 is 28.7 Å². The molecule has 0 saturated carbocycles. The van der Waals surface area contributed by atoms with Crippen molar-refractivity contribution in [1.82, 2.24) is 5.32 Å². The largest absolute Gasteiger partial charge is 0.480 e. The van der Waals surface area contributed by atoms with E-state index in [4.69, 9.17) is 5.11 Å². The molecule has 9 heteroatoms. The van der Waals surface area contributed by atoms with Crippen molar-refractivity contribution in [3.63, 3.8) is 0 Å². The van der Waals surface area contributed by atoms with Gasteiger partial charge in [0, 0.05) is 13.2 Å². The molecular weight excluding hydrogens is 275 g/mol. The topological polar surface area (TPSA) is 119 Å². The van der Waals surface area contributed by atoms with Gasteiger partial charge in [0.1, 0.15) is 11.4 Å². The average Bonchev–Trinajstić information content (AvgIpc) is 2.37. The van der Waals surface area contributed by atoms with Gasteiger partial charge in [0.05, 0.1) is 11.5 Å². The van der Waals surface area contributed by atoms with Crippen molar-refractivity contribution in [3.05, 3.63) is 39.7 Å². The number of methoxy groups -OCH3 is 1. The van der Waals surface area contributed by atoms with E-state index in [0.29, 0.717) is 6.07 Å². The van der Waals surface area contributed by atoms with Gasteiger partial charge in [-0.25, -0.2) is 9.18 Å². The van der Waals surface area contributed by atoms with Crippen LogP contribution in [0.3, 0.4) is 0 Å². The van der Waals surface area contributed by atoms with Crippen LogP contribution in [0.5, 0.6) is 0 Å². The second-order valence-corrected chi connectivity index (χ2v) is 3.74. The number of amides is 1. The zero-order chi connectivity index (χ0) is 15.3. The van der Waals surface area contributed by atoms with Gasteiger partial charge in [0.15, 0.2) is 6.04 Å². The second-order valence-electron chi connectivity index (χ2n) is 3.74. The molecule has 0 aliphatic carbocycles. The third-order valence-electron chi connectivity index (χ3n) is 2.34. The quantitative estimate of drug-likeness (QED) is 0.582. The zero-order valence-electron chi connectivity index (χ0n) is 10.3. The number of carbonyl (C=O) groups is 2. The first-order chi connectivity index (χ1) is 9.36. The van der Waals surface area contributed by atoms with Gasteiger partial charge in [0.2, 0.25) is 0 Å². The van der Waals surface area contributed by atoms with Crippen LogP contribution in [0.25, 0.3) is 0 Å². The molecule has 0 spiro atoms. The molecule has 1 atom stereocenters. The Labute approximate surface area is 112 Å². The van der Waals surface area contributed by atoms with Crippen molar-refractivity contribution in [3.8, 4) is 0 Å². The number of carboxylic acid groups (broad SMARTS) is 1. The molecule has 1 aromatic carbocycles. The molecule has 0 bridgehead atoms. The average molecular weight is 286 g/mol. The maximum Gasteiger partial charge on any atom is 0.328 e. The fraction of sp³-hybridized carbons (Fsp3) is 0.273. The zero-order valence-corrected chi connectivity index (χ0v) is 10.3. The molecule has 0 aliphatic heterocycles. The van der Waals surface area contributed by atoms with E-state index in [2.05, 4.69) is 4.74 Å². The third kappa shape index (κ3) is 3.72. The minimum absolute atomic E-state index is 0.329. The van der Waals surface area contributed by atoms with E-state index in [0.717, 1.165) is 12.1 Å². The van der Waals surface area contributed by atoms with Crippen LogP contribution in [0.15, 0.2) is 18.2 Å². The Morgan fingerprint density at radius 2 is 2.20 bits per heavy atom. The van der Waals surface area contributed by atoms with E-state index in [-0.39, 0.29) is 6.61 Å². The number of carboxylic acids is 1. The number of carbonyl (C=O) groups excluding carboxylic acids is 1. The molecule has 2 N–H and O–H groups in total. The highest BCUT2D eigenvalue weighted by Crippen LogP contribution is 2.19. The van der Waals surface area contributed by atoms with Gasteiger partial charge in [-0.3, -0.25) is 14.9 Å². The molecule has 0 aliphatic rings. The molecule has 0 radical (unpaired) electrons. The standard InChI is InChI=1S/C11H11FN2O6/c1-20-5-8(11(16)17)13-10(15)7-4-6(12)2-3-9(7)14(18)19/h2-4,8H,5H2,1H3,(H,13,15)(H,16,17). The van der Waals surface area contributed by atoms with Gasteiger partial charge in [-0.1, -0.05) is 0 Å². The number of benzene rings is 1. The molecule has 20 heavy (non-hydrogen) atoms. The maximum absolute atomic E-state index is 13.1. The highest BCUT2D eigenvalue weighted by atomic mass is 19.1. The van der Waals surface area contributed by atoms with Gasteiger partial charge in [-0.05, 0) is 12.1 Å². The first kappa shape index (κ1) is 15.5. The molecule has 1 aromatic rings. The smallest absolute Gasteiger partial charge is 0.328 e. The number of hydrogen-bond acceptors (Lipinski definition) is 5. The van der Waals surface area contributed by atoms with E-state index in [1.54, 1.807) is 0 Å². The fourth-order valence-electron chi connectivity index (χ4n) is 1.43. The second kappa shape index (κ2) is 6.57. The van der Waals surface area contributed by atoms with Crippen LogP contribution in [-0.2, 0) is 9.53 Å². The first-order valence-corrected chi connectivity index (χ1v) is 5.33. The van der Waals surface area contributed by atoms with E-state index in [1.807, 2.05) is 5.32 Å². The normalized spacial score (nSPS) is 11.7. The lowest BCUT2D eigenvalue weighted by molar-refractivity contribution is -0.385. The Kier molecular flexibility index (Phi) is 5.09.